The SMILES string of the molecule is CC(C)C1C(Br)=C(c2ccccc2)ON1Cc1ccccc1. The van der Waals surface area contributed by atoms with Crippen molar-refractivity contribution in [1.82, 2.24) is 5.06 Å². The molecule has 0 saturated heterocycles. The van der Waals surface area contributed by atoms with Crippen molar-refractivity contribution in [3.05, 3.63) is 76.3 Å². The van der Waals surface area contributed by atoms with Crippen molar-refractivity contribution in [3.63, 3.8) is 0 Å². The van der Waals surface area contributed by atoms with Gasteiger partial charge in [0, 0.05) is 5.56 Å². The van der Waals surface area contributed by atoms with Gasteiger partial charge in [0.2, 0.25) is 0 Å². The minimum absolute atomic E-state index is 0.232. The van der Waals surface area contributed by atoms with E-state index in [9.17, 15) is 0 Å². The second-order valence-corrected chi connectivity index (χ2v) is 6.74. The molecule has 3 heteroatoms. The lowest BCUT2D eigenvalue weighted by Gasteiger charge is -2.26. The van der Waals surface area contributed by atoms with Crippen LogP contribution in [0.3, 0.4) is 0 Å². The maximum atomic E-state index is 6.20. The first-order chi connectivity index (χ1) is 10.7. The molecule has 1 aliphatic rings. The molecule has 3 rings (SSSR count). The van der Waals surface area contributed by atoms with Crippen LogP contribution in [0, 0.1) is 5.92 Å². The molecule has 0 aromatic heterocycles. The van der Waals surface area contributed by atoms with Crippen LogP contribution < -0.4 is 0 Å². The van der Waals surface area contributed by atoms with Crippen molar-refractivity contribution in [2.75, 3.05) is 0 Å². The fourth-order valence-corrected chi connectivity index (χ4v) is 3.84. The van der Waals surface area contributed by atoms with Gasteiger partial charge >= 0.3 is 0 Å². The van der Waals surface area contributed by atoms with Crippen LogP contribution in [0.2, 0.25) is 0 Å². The van der Waals surface area contributed by atoms with E-state index in [4.69, 9.17) is 4.84 Å². The smallest absolute Gasteiger partial charge is 0.166 e. The summed E-state index contributed by atoms with van der Waals surface area (Å²) >= 11 is 3.78. The Morgan fingerprint density at radius 2 is 1.59 bits per heavy atom. The number of nitrogens with zero attached hydrogens (tertiary/aromatic N) is 1. The Morgan fingerprint density at radius 3 is 2.18 bits per heavy atom. The summed E-state index contributed by atoms with van der Waals surface area (Å²) in [5, 5.41) is 2.08. The summed E-state index contributed by atoms with van der Waals surface area (Å²) in [6, 6.07) is 20.9. The molecule has 2 aromatic rings. The average molecular weight is 358 g/mol. The Morgan fingerprint density at radius 1 is 1.00 bits per heavy atom. The van der Waals surface area contributed by atoms with E-state index in [0.717, 1.165) is 22.3 Å². The highest BCUT2D eigenvalue weighted by molar-refractivity contribution is 9.11. The van der Waals surface area contributed by atoms with E-state index in [-0.39, 0.29) is 6.04 Å². The van der Waals surface area contributed by atoms with Gasteiger partial charge < -0.3 is 4.84 Å². The fraction of sp³-hybridized carbons (Fsp3) is 0.263. The predicted octanol–water partition coefficient (Wildman–Crippen LogP) is 5.22. The van der Waals surface area contributed by atoms with Crippen molar-refractivity contribution < 1.29 is 4.84 Å². The molecular formula is C19H20BrNO. The van der Waals surface area contributed by atoms with E-state index < -0.39 is 0 Å². The number of hydrogen-bond donors (Lipinski definition) is 0. The number of rotatable bonds is 4. The third kappa shape index (κ3) is 3.11. The minimum atomic E-state index is 0.232. The van der Waals surface area contributed by atoms with Crippen LogP contribution in [0.1, 0.15) is 25.0 Å². The molecule has 0 amide bonds. The van der Waals surface area contributed by atoms with Crippen LogP contribution in [0.4, 0.5) is 0 Å². The molecule has 0 spiro atoms. The van der Waals surface area contributed by atoms with Gasteiger partial charge in [-0.1, -0.05) is 74.5 Å². The lowest BCUT2D eigenvalue weighted by atomic mass is 10.0. The predicted molar refractivity (Wildman–Crippen MR) is 94.0 cm³/mol. The van der Waals surface area contributed by atoms with E-state index >= 15 is 0 Å². The van der Waals surface area contributed by atoms with Crippen molar-refractivity contribution in [2.24, 2.45) is 5.92 Å². The minimum Gasteiger partial charge on any atom is -0.403 e. The largest absolute Gasteiger partial charge is 0.403 e. The average Bonchev–Trinajstić information content (AvgIpc) is 2.85. The lowest BCUT2D eigenvalue weighted by molar-refractivity contribution is -0.109. The van der Waals surface area contributed by atoms with Crippen molar-refractivity contribution in [3.8, 4) is 0 Å². The topological polar surface area (TPSA) is 12.5 Å². The van der Waals surface area contributed by atoms with Gasteiger partial charge in [0.25, 0.3) is 0 Å². The van der Waals surface area contributed by atoms with Gasteiger partial charge in [0.05, 0.1) is 17.1 Å². The molecular weight excluding hydrogens is 338 g/mol. The molecule has 22 heavy (non-hydrogen) atoms. The summed E-state index contributed by atoms with van der Waals surface area (Å²) < 4.78 is 1.13. The molecule has 0 radical (unpaired) electrons. The summed E-state index contributed by atoms with van der Waals surface area (Å²) in [4.78, 5) is 6.20. The second kappa shape index (κ2) is 6.67. The van der Waals surface area contributed by atoms with Crippen molar-refractivity contribution >= 4 is 21.7 Å². The van der Waals surface area contributed by atoms with Gasteiger partial charge in [0.1, 0.15) is 0 Å². The fourth-order valence-electron chi connectivity index (χ4n) is 2.78. The number of hydrogen-bond acceptors (Lipinski definition) is 2. The van der Waals surface area contributed by atoms with Crippen molar-refractivity contribution in [1.29, 1.82) is 0 Å². The van der Waals surface area contributed by atoms with Gasteiger partial charge in [-0.3, -0.25) is 0 Å². The van der Waals surface area contributed by atoms with Gasteiger partial charge in [-0.2, -0.15) is 0 Å². The van der Waals surface area contributed by atoms with Gasteiger partial charge in [0.15, 0.2) is 5.76 Å². The molecule has 1 aliphatic heterocycles. The van der Waals surface area contributed by atoms with Gasteiger partial charge in [-0.25, -0.2) is 0 Å². The zero-order chi connectivity index (χ0) is 15.5. The third-order valence-corrected chi connectivity index (χ3v) is 4.67. The molecule has 0 aliphatic carbocycles. The van der Waals surface area contributed by atoms with Crippen LogP contribution in [-0.2, 0) is 11.4 Å². The highest BCUT2D eigenvalue weighted by Crippen LogP contribution is 2.40. The number of benzene rings is 2. The van der Waals surface area contributed by atoms with E-state index in [0.29, 0.717) is 5.92 Å². The zero-order valence-corrected chi connectivity index (χ0v) is 14.5. The molecule has 0 N–H and O–H groups in total. The van der Waals surface area contributed by atoms with Crippen LogP contribution in [0.25, 0.3) is 5.76 Å². The summed E-state index contributed by atoms with van der Waals surface area (Å²) in [6.07, 6.45) is 0. The lowest BCUT2D eigenvalue weighted by Crippen LogP contribution is -2.33. The Labute approximate surface area is 140 Å². The Kier molecular flexibility index (Phi) is 4.65. The summed E-state index contributed by atoms with van der Waals surface area (Å²) in [5.74, 6) is 1.38. The highest BCUT2D eigenvalue weighted by Gasteiger charge is 2.36. The van der Waals surface area contributed by atoms with Gasteiger partial charge in [-0.15, -0.1) is 5.06 Å². The Bertz CT molecular complexity index is 652. The third-order valence-electron chi connectivity index (χ3n) is 3.84. The summed E-state index contributed by atoms with van der Waals surface area (Å²) in [5.41, 5.74) is 2.36. The van der Waals surface area contributed by atoms with Crippen LogP contribution in [0.5, 0.6) is 0 Å². The molecule has 114 valence electrons. The first-order valence-electron chi connectivity index (χ1n) is 7.60. The number of halogens is 1. The Hall–Kier alpha value is -1.58. The summed E-state index contributed by atoms with van der Waals surface area (Å²) in [7, 11) is 0. The van der Waals surface area contributed by atoms with E-state index in [1.165, 1.54) is 5.56 Å². The quantitative estimate of drug-likeness (QED) is 0.743. The first-order valence-corrected chi connectivity index (χ1v) is 8.39. The molecule has 0 saturated carbocycles. The summed E-state index contributed by atoms with van der Waals surface area (Å²) in [6.45, 7) is 5.22. The first kappa shape index (κ1) is 15.3. The molecule has 2 aromatic carbocycles. The van der Waals surface area contributed by atoms with Crippen LogP contribution >= 0.6 is 15.9 Å². The Balaban J connectivity index is 1.88. The van der Waals surface area contributed by atoms with Gasteiger partial charge in [-0.05, 0) is 27.4 Å². The molecule has 2 nitrogen and oxygen atoms in total. The molecule has 0 fully saturated rings. The van der Waals surface area contributed by atoms with E-state index in [1.54, 1.807) is 0 Å². The maximum Gasteiger partial charge on any atom is 0.166 e. The molecule has 1 heterocycles. The van der Waals surface area contributed by atoms with Crippen LogP contribution in [0.15, 0.2) is 65.1 Å². The standard InChI is InChI=1S/C19H20BrNO/c1-14(2)18-17(20)19(16-11-7-4-8-12-16)22-21(18)13-15-9-5-3-6-10-15/h3-12,14,18H,13H2,1-2H3. The number of hydroxylamine groups is 2. The second-order valence-electron chi connectivity index (χ2n) is 5.88. The molecule has 1 atom stereocenters. The highest BCUT2D eigenvalue weighted by atomic mass is 79.9. The monoisotopic (exact) mass is 357 g/mol. The van der Waals surface area contributed by atoms with Crippen molar-refractivity contribution in [2.45, 2.75) is 26.4 Å². The normalized spacial score (nSPS) is 18.8. The van der Waals surface area contributed by atoms with E-state index in [1.807, 2.05) is 24.3 Å². The maximum absolute atomic E-state index is 6.20. The molecule has 0 bridgehead atoms. The molecule has 1 unspecified atom stereocenters. The zero-order valence-electron chi connectivity index (χ0n) is 12.9. The van der Waals surface area contributed by atoms with Crippen LogP contribution in [-0.4, -0.2) is 11.1 Å². The van der Waals surface area contributed by atoms with E-state index in [2.05, 4.69) is 71.2 Å².